The van der Waals surface area contributed by atoms with Crippen molar-refractivity contribution in [1.29, 1.82) is 0 Å². The van der Waals surface area contributed by atoms with Crippen LogP contribution in [0.15, 0.2) is 6.07 Å². The summed E-state index contributed by atoms with van der Waals surface area (Å²) in [5, 5.41) is 12.2. The van der Waals surface area contributed by atoms with Crippen LogP contribution in [-0.2, 0) is 14.3 Å². The molecule has 0 unspecified atom stereocenters. The molecule has 11 heteroatoms. The van der Waals surface area contributed by atoms with E-state index >= 15 is 0 Å². The Kier molecular flexibility index (Phi) is 6.24. The van der Waals surface area contributed by atoms with E-state index in [1.54, 1.807) is 4.90 Å². The number of ether oxygens (including phenoxy) is 1. The molecule has 152 valence electrons. The molecule has 28 heavy (non-hydrogen) atoms. The maximum Gasteiger partial charge on any atom is 0.354 e. The van der Waals surface area contributed by atoms with Gasteiger partial charge in [0.25, 0.3) is 0 Å². The predicted molar refractivity (Wildman–Crippen MR) is 99.0 cm³/mol. The molecule has 2 fully saturated rings. The molecule has 3 rings (SSSR count). The van der Waals surface area contributed by atoms with Gasteiger partial charge in [-0.05, 0) is 12.8 Å². The normalized spacial score (nSPS) is 18.0. The first-order valence-electron chi connectivity index (χ1n) is 9.20. The van der Waals surface area contributed by atoms with E-state index in [0.29, 0.717) is 58.2 Å². The summed E-state index contributed by atoms with van der Waals surface area (Å²) < 4.78 is 5.29. The molecule has 1 aromatic heterocycles. The number of amides is 2. The number of aromatic carboxylic acids is 1. The van der Waals surface area contributed by atoms with Gasteiger partial charge in [-0.1, -0.05) is 0 Å². The van der Waals surface area contributed by atoms with Crippen LogP contribution in [-0.4, -0.2) is 83.7 Å². The summed E-state index contributed by atoms with van der Waals surface area (Å²) in [5.41, 5.74) is 5.16. The van der Waals surface area contributed by atoms with Crippen molar-refractivity contribution in [2.45, 2.75) is 12.8 Å². The first kappa shape index (κ1) is 19.8. The lowest BCUT2D eigenvalue weighted by Gasteiger charge is -2.30. The van der Waals surface area contributed by atoms with E-state index in [2.05, 4.69) is 15.3 Å². The number of hydrogen-bond acceptors (Lipinski definition) is 8. The number of carboxylic acids is 1. The average Bonchev–Trinajstić information content (AvgIpc) is 2.72. The second-order valence-corrected chi connectivity index (χ2v) is 6.75. The number of carbonyl (C=O) groups excluding carboxylic acids is 2. The number of aromatic nitrogens is 2. The predicted octanol–water partition coefficient (Wildman–Crippen LogP) is -0.853. The third-order valence-electron chi connectivity index (χ3n) is 4.90. The number of piperidine rings is 1. The van der Waals surface area contributed by atoms with Gasteiger partial charge in [-0.3, -0.25) is 9.59 Å². The summed E-state index contributed by atoms with van der Waals surface area (Å²) in [5.74, 6) is -1.27. The van der Waals surface area contributed by atoms with Crippen molar-refractivity contribution in [3.05, 3.63) is 11.8 Å². The fourth-order valence-electron chi connectivity index (χ4n) is 3.23. The molecule has 2 saturated heterocycles. The largest absolute Gasteiger partial charge is 0.477 e. The molecule has 11 nitrogen and oxygen atoms in total. The smallest absolute Gasteiger partial charge is 0.354 e. The lowest BCUT2D eigenvalue weighted by atomic mass is 9.96. The number of nitrogens with two attached hydrogens (primary N) is 1. The van der Waals surface area contributed by atoms with Gasteiger partial charge < -0.3 is 30.7 Å². The van der Waals surface area contributed by atoms with Crippen molar-refractivity contribution in [3.8, 4) is 0 Å². The minimum atomic E-state index is -1.17. The van der Waals surface area contributed by atoms with Crippen LogP contribution >= 0.6 is 0 Å². The molecule has 3 heterocycles. The van der Waals surface area contributed by atoms with Crippen LogP contribution in [0.2, 0.25) is 0 Å². The van der Waals surface area contributed by atoms with E-state index < -0.39 is 5.97 Å². The van der Waals surface area contributed by atoms with Crippen LogP contribution in [0.25, 0.3) is 0 Å². The second-order valence-electron chi connectivity index (χ2n) is 6.75. The van der Waals surface area contributed by atoms with Crippen molar-refractivity contribution < 1.29 is 24.2 Å². The highest BCUT2D eigenvalue weighted by Crippen LogP contribution is 2.18. The van der Waals surface area contributed by atoms with Crippen molar-refractivity contribution in [3.63, 3.8) is 0 Å². The highest BCUT2D eigenvalue weighted by atomic mass is 16.5. The van der Waals surface area contributed by atoms with E-state index in [1.165, 1.54) is 6.07 Å². The molecule has 0 aliphatic carbocycles. The molecular weight excluding hydrogens is 368 g/mol. The molecule has 1 aromatic rings. The monoisotopic (exact) mass is 392 g/mol. The Hall–Kier alpha value is -2.95. The lowest BCUT2D eigenvalue weighted by molar-refractivity contribution is -0.133. The highest BCUT2D eigenvalue weighted by Gasteiger charge is 2.26. The Morgan fingerprint density at radius 2 is 1.86 bits per heavy atom. The van der Waals surface area contributed by atoms with E-state index in [-0.39, 0.29) is 35.8 Å². The second kappa shape index (κ2) is 8.83. The summed E-state index contributed by atoms with van der Waals surface area (Å²) in [4.78, 5) is 47.0. The number of rotatable bonds is 6. The van der Waals surface area contributed by atoms with Crippen LogP contribution in [0.1, 0.15) is 23.3 Å². The highest BCUT2D eigenvalue weighted by molar-refractivity contribution is 5.87. The van der Waals surface area contributed by atoms with Gasteiger partial charge in [-0.25, -0.2) is 9.78 Å². The number of morpholine rings is 1. The van der Waals surface area contributed by atoms with Gasteiger partial charge in [-0.2, -0.15) is 4.98 Å². The van der Waals surface area contributed by atoms with Gasteiger partial charge in [0.05, 0.1) is 19.8 Å². The molecule has 4 N–H and O–H groups in total. The molecule has 0 radical (unpaired) electrons. The van der Waals surface area contributed by atoms with Crippen molar-refractivity contribution in [2.24, 2.45) is 11.7 Å². The van der Waals surface area contributed by atoms with Gasteiger partial charge in [0.2, 0.25) is 17.8 Å². The minimum absolute atomic E-state index is 0.0279. The topological polar surface area (TPSA) is 151 Å². The Bertz CT molecular complexity index is 744. The molecule has 2 aliphatic rings. The summed E-state index contributed by atoms with van der Waals surface area (Å²) in [6.07, 6.45) is 1.11. The maximum absolute atomic E-state index is 12.4. The zero-order chi connectivity index (χ0) is 20.1. The third-order valence-corrected chi connectivity index (χ3v) is 4.90. The quantitative estimate of drug-likeness (QED) is 0.562. The summed E-state index contributed by atoms with van der Waals surface area (Å²) in [6, 6.07) is 1.30. The molecule has 0 bridgehead atoms. The van der Waals surface area contributed by atoms with Crippen molar-refractivity contribution >= 4 is 29.5 Å². The van der Waals surface area contributed by atoms with Crippen LogP contribution in [0.5, 0.6) is 0 Å². The zero-order valence-electron chi connectivity index (χ0n) is 15.5. The van der Waals surface area contributed by atoms with E-state index in [4.69, 9.17) is 10.5 Å². The average molecular weight is 392 g/mol. The number of hydrogen-bond donors (Lipinski definition) is 3. The third kappa shape index (κ3) is 4.85. The number of carbonyl (C=O) groups is 3. The first-order chi connectivity index (χ1) is 13.4. The van der Waals surface area contributed by atoms with E-state index in [0.717, 1.165) is 0 Å². The number of carboxylic acid groups (broad SMARTS) is 1. The van der Waals surface area contributed by atoms with Crippen LogP contribution in [0.3, 0.4) is 0 Å². The van der Waals surface area contributed by atoms with Gasteiger partial charge in [0, 0.05) is 38.2 Å². The molecular formula is C17H24N6O5. The van der Waals surface area contributed by atoms with Crippen molar-refractivity contribution in [2.75, 3.05) is 56.2 Å². The van der Waals surface area contributed by atoms with Crippen LogP contribution in [0, 0.1) is 5.92 Å². The van der Waals surface area contributed by atoms with E-state index in [1.807, 2.05) is 4.90 Å². The molecule has 0 saturated carbocycles. The lowest BCUT2D eigenvalue weighted by Crippen LogP contribution is -2.43. The summed E-state index contributed by atoms with van der Waals surface area (Å²) >= 11 is 0. The first-order valence-corrected chi connectivity index (χ1v) is 9.20. The minimum Gasteiger partial charge on any atom is -0.477 e. The number of anilines is 2. The molecule has 2 amide bonds. The number of nitrogens with one attached hydrogen (secondary N) is 1. The van der Waals surface area contributed by atoms with E-state index in [9.17, 15) is 19.5 Å². The molecule has 0 spiro atoms. The zero-order valence-corrected chi connectivity index (χ0v) is 15.5. The van der Waals surface area contributed by atoms with Crippen LogP contribution in [0.4, 0.5) is 11.8 Å². The summed E-state index contributed by atoms with van der Waals surface area (Å²) in [7, 11) is 0. The SMILES string of the molecule is NC(=O)C1CCN(C(=O)CNc2cc(C(=O)O)nc(N3CCOCC3)n2)CC1. The van der Waals surface area contributed by atoms with Gasteiger partial charge in [-0.15, -0.1) is 0 Å². The Labute approximate surface area is 161 Å². The number of primary amides is 1. The molecule has 0 atom stereocenters. The Balaban J connectivity index is 1.63. The Morgan fingerprint density at radius 3 is 2.46 bits per heavy atom. The number of likely N-dealkylation sites (tertiary alicyclic amines) is 1. The van der Waals surface area contributed by atoms with Crippen molar-refractivity contribution in [1.82, 2.24) is 14.9 Å². The standard InChI is InChI=1S/C17H24N6O5/c18-15(25)11-1-3-22(4-2-11)14(24)10-19-13-9-12(16(26)27)20-17(21-13)23-5-7-28-8-6-23/h9,11H,1-8,10H2,(H2,18,25)(H,26,27)(H,19,20,21). The number of nitrogens with zero attached hydrogens (tertiary/aromatic N) is 4. The summed E-state index contributed by atoms with van der Waals surface area (Å²) in [6.45, 7) is 3.08. The van der Waals surface area contributed by atoms with Gasteiger partial charge in [0.1, 0.15) is 5.82 Å². The Morgan fingerprint density at radius 1 is 1.18 bits per heavy atom. The fraction of sp³-hybridized carbons (Fsp3) is 0.588. The molecule has 0 aromatic carbocycles. The van der Waals surface area contributed by atoms with Gasteiger partial charge in [0.15, 0.2) is 5.69 Å². The van der Waals surface area contributed by atoms with Crippen LogP contribution < -0.4 is 16.0 Å². The maximum atomic E-state index is 12.4. The molecule has 2 aliphatic heterocycles. The van der Waals surface area contributed by atoms with Gasteiger partial charge >= 0.3 is 5.97 Å². The fourth-order valence-corrected chi connectivity index (χ4v) is 3.23.